The fourth-order valence-electron chi connectivity index (χ4n) is 1.42. The third-order valence-corrected chi connectivity index (χ3v) is 2.62. The van der Waals surface area contributed by atoms with Crippen LogP contribution in [-0.2, 0) is 0 Å². The predicted molar refractivity (Wildman–Crippen MR) is 63.3 cm³/mol. The number of hydrogen-bond acceptors (Lipinski definition) is 2. The van der Waals surface area contributed by atoms with Gasteiger partial charge in [-0.05, 0) is 24.6 Å². The number of nitrogens with two attached hydrogens (primary N) is 1. The molecular formula is C11H15ClF2N2. The van der Waals surface area contributed by atoms with Crippen LogP contribution < -0.4 is 10.6 Å². The van der Waals surface area contributed by atoms with Crippen LogP contribution in [0.2, 0.25) is 5.02 Å². The van der Waals surface area contributed by atoms with Crippen LogP contribution in [0.4, 0.5) is 14.5 Å². The van der Waals surface area contributed by atoms with Crippen molar-refractivity contribution in [1.82, 2.24) is 0 Å². The van der Waals surface area contributed by atoms with Crippen molar-refractivity contribution in [2.45, 2.75) is 19.4 Å². The lowest BCUT2D eigenvalue weighted by Crippen LogP contribution is -2.24. The molecule has 0 saturated carbocycles. The summed E-state index contributed by atoms with van der Waals surface area (Å²) >= 11 is 6.01. The predicted octanol–water partition coefficient (Wildman–Crippen LogP) is 3.06. The molecule has 0 unspecified atom stereocenters. The van der Waals surface area contributed by atoms with Gasteiger partial charge in [0.1, 0.15) is 0 Å². The Bertz CT molecular complexity index is 356. The molecule has 0 amide bonds. The van der Waals surface area contributed by atoms with Gasteiger partial charge < -0.3 is 10.6 Å². The topological polar surface area (TPSA) is 29.3 Å². The summed E-state index contributed by atoms with van der Waals surface area (Å²) < 4.78 is 24.4. The summed E-state index contributed by atoms with van der Waals surface area (Å²) in [5.41, 5.74) is 7.17. The molecule has 0 bridgehead atoms. The van der Waals surface area contributed by atoms with E-state index in [0.717, 1.165) is 5.56 Å². The average Bonchev–Trinajstić information content (AvgIpc) is 2.15. The number of alkyl halides is 2. The molecule has 0 spiro atoms. The van der Waals surface area contributed by atoms with Gasteiger partial charge in [0.25, 0.3) is 6.43 Å². The highest BCUT2D eigenvalue weighted by atomic mass is 35.5. The fraction of sp³-hybridized carbons (Fsp3) is 0.455. The first-order valence-electron chi connectivity index (χ1n) is 4.96. The van der Waals surface area contributed by atoms with Gasteiger partial charge in [-0.15, -0.1) is 0 Å². The highest BCUT2D eigenvalue weighted by molar-refractivity contribution is 6.33. The van der Waals surface area contributed by atoms with E-state index in [2.05, 4.69) is 0 Å². The van der Waals surface area contributed by atoms with Gasteiger partial charge in [0.05, 0.1) is 17.3 Å². The second-order valence-corrected chi connectivity index (χ2v) is 4.18. The van der Waals surface area contributed by atoms with Crippen LogP contribution in [-0.4, -0.2) is 20.0 Å². The first kappa shape index (κ1) is 13.2. The van der Waals surface area contributed by atoms with Crippen molar-refractivity contribution >= 4 is 17.3 Å². The van der Waals surface area contributed by atoms with Crippen molar-refractivity contribution in [3.05, 3.63) is 28.8 Å². The van der Waals surface area contributed by atoms with E-state index in [1.165, 1.54) is 4.90 Å². The summed E-state index contributed by atoms with van der Waals surface area (Å²) in [4.78, 5) is 1.43. The Balaban J connectivity index is 2.90. The van der Waals surface area contributed by atoms with Crippen LogP contribution in [0.1, 0.15) is 18.5 Å². The highest BCUT2D eigenvalue weighted by Gasteiger charge is 2.12. The van der Waals surface area contributed by atoms with Gasteiger partial charge >= 0.3 is 0 Å². The van der Waals surface area contributed by atoms with Gasteiger partial charge in [-0.1, -0.05) is 17.7 Å². The van der Waals surface area contributed by atoms with Crippen molar-refractivity contribution in [1.29, 1.82) is 0 Å². The zero-order valence-corrected chi connectivity index (χ0v) is 10.0. The molecule has 0 aliphatic rings. The van der Waals surface area contributed by atoms with E-state index in [1.807, 2.05) is 6.92 Å². The summed E-state index contributed by atoms with van der Waals surface area (Å²) in [7, 11) is 1.58. The number of anilines is 1. The summed E-state index contributed by atoms with van der Waals surface area (Å²) in [5, 5.41) is 0.443. The van der Waals surface area contributed by atoms with E-state index in [1.54, 1.807) is 25.2 Å². The Morgan fingerprint density at radius 2 is 2.06 bits per heavy atom. The molecule has 1 aromatic carbocycles. The van der Waals surface area contributed by atoms with Crippen LogP contribution in [0.15, 0.2) is 18.2 Å². The van der Waals surface area contributed by atoms with E-state index >= 15 is 0 Å². The molecule has 0 saturated heterocycles. The standard InChI is InChI=1S/C11H15ClF2N2/c1-7(15)8-3-4-10(9(12)5-8)16(2)6-11(13)14/h3-5,7,11H,6,15H2,1-2H3/t7-/m0/s1. The summed E-state index contributed by atoms with van der Waals surface area (Å²) in [6, 6.07) is 5.10. The van der Waals surface area contributed by atoms with Crippen molar-refractivity contribution in [2.75, 3.05) is 18.5 Å². The SMILES string of the molecule is C[C@H](N)c1ccc(N(C)CC(F)F)c(Cl)c1. The van der Waals surface area contributed by atoms with Gasteiger partial charge in [-0.3, -0.25) is 0 Å². The maximum atomic E-state index is 12.2. The smallest absolute Gasteiger partial charge is 0.255 e. The number of hydrogen-bond donors (Lipinski definition) is 1. The Kier molecular flexibility index (Phi) is 4.50. The summed E-state index contributed by atoms with van der Waals surface area (Å²) in [6.07, 6.45) is -2.38. The van der Waals surface area contributed by atoms with Gasteiger partial charge in [-0.2, -0.15) is 0 Å². The Morgan fingerprint density at radius 1 is 1.44 bits per heavy atom. The van der Waals surface area contributed by atoms with Gasteiger partial charge in [0, 0.05) is 13.1 Å². The van der Waals surface area contributed by atoms with Crippen molar-refractivity contribution in [3.8, 4) is 0 Å². The van der Waals surface area contributed by atoms with Gasteiger partial charge in [0.2, 0.25) is 0 Å². The van der Waals surface area contributed by atoms with Crippen LogP contribution >= 0.6 is 11.6 Å². The normalized spacial score (nSPS) is 12.9. The first-order valence-corrected chi connectivity index (χ1v) is 5.34. The Labute approximate surface area is 99.0 Å². The molecular weight excluding hydrogens is 234 g/mol. The largest absolute Gasteiger partial charge is 0.368 e. The molecule has 90 valence electrons. The second kappa shape index (κ2) is 5.46. The molecule has 1 rings (SSSR count). The number of rotatable bonds is 4. The lowest BCUT2D eigenvalue weighted by Gasteiger charge is -2.21. The minimum Gasteiger partial charge on any atom is -0.368 e. The van der Waals surface area contributed by atoms with Crippen LogP contribution in [0.25, 0.3) is 0 Å². The molecule has 0 heterocycles. The molecule has 2 nitrogen and oxygen atoms in total. The maximum Gasteiger partial charge on any atom is 0.255 e. The summed E-state index contributed by atoms with van der Waals surface area (Å²) in [5.74, 6) is 0. The average molecular weight is 249 g/mol. The molecule has 1 atom stereocenters. The van der Waals surface area contributed by atoms with Crippen molar-refractivity contribution in [3.63, 3.8) is 0 Å². The molecule has 5 heteroatoms. The third kappa shape index (κ3) is 3.32. The van der Waals surface area contributed by atoms with E-state index in [-0.39, 0.29) is 12.6 Å². The third-order valence-electron chi connectivity index (χ3n) is 2.32. The zero-order chi connectivity index (χ0) is 12.3. The monoisotopic (exact) mass is 248 g/mol. The van der Waals surface area contributed by atoms with E-state index in [9.17, 15) is 8.78 Å². The Morgan fingerprint density at radius 3 is 2.50 bits per heavy atom. The maximum absolute atomic E-state index is 12.2. The number of nitrogens with zero attached hydrogens (tertiary/aromatic N) is 1. The van der Waals surface area contributed by atoms with Crippen LogP contribution in [0.5, 0.6) is 0 Å². The molecule has 1 aromatic rings. The van der Waals surface area contributed by atoms with Crippen LogP contribution in [0.3, 0.4) is 0 Å². The molecule has 16 heavy (non-hydrogen) atoms. The van der Waals surface area contributed by atoms with E-state index in [4.69, 9.17) is 17.3 Å². The number of halogens is 3. The van der Waals surface area contributed by atoms with Crippen molar-refractivity contribution in [2.24, 2.45) is 5.73 Å². The molecule has 0 aliphatic carbocycles. The molecule has 0 aliphatic heterocycles. The zero-order valence-electron chi connectivity index (χ0n) is 9.25. The molecule has 0 fully saturated rings. The lowest BCUT2D eigenvalue weighted by molar-refractivity contribution is 0.156. The minimum absolute atomic E-state index is 0.119. The fourth-order valence-corrected chi connectivity index (χ4v) is 1.75. The lowest BCUT2D eigenvalue weighted by atomic mass is 10.1. The summed E-state index contributed by atoms with van der Waals surface area (Å²) in [6.45, 7) is 1.51. The van der Waals surface area contributed by atoms with Gasteiger partial charge in [0.15, 0.2) is 0 Å². The number of benzene rings is 1. The van der Waals surface area contributed by atoms with E-state index < -0.39 is 6.43 Å². The van der Waals surface area contributed by atoms with Crippen molar-refractivity contribution < 1.29 is 8.78 Å². The molecule has 0 aromatic heterocycles. The minimum atomic E-state index is -2.38. The second-order valence-electron chi connectivity index (χ2n) is 3.77. The highest BCUT2D eigenvalue weighted by Crippen LogP contribution is 2.28. The van der Waals surface area contributed by atoms with E-state index in [0.29, 0.717) is 10.7 Å². The molecule has 0 radical (unpaired) electrons. The quantitative estimate of drug-likeness (QED) is 0.887. The van der Waals surface area contributed by atoms with Crippen LogP contribution in [0, 0.1) is 0 Å². The molecule has 2 N–H and O–H groups in total. The Hall–Kier alpha value is -0.870. The van der Waals surface area contributed by atoms with Gasteiger partial charge in [-0.25, -0.2) is 8.78 Å². The first-order chi connectivity index (χ1) is 7.41.